The summed E-state index contributed by atoms with van der Waals surface area (Å²) in [7, 11) is 1.82. The molecule has 1 unspecified atom stereocenters. The summed E-state index contributed by atoms with van der Waals surface area (Å²) in [5.41, 5.74) is 3.01. The molecule has 0 aliphatic rings. The zero-order chi connectivity index (χ0) is 13.5. The number of aromatic nitrogens is 1. The Labute approximate surface area is 112 Å². The predicted octanol–water partition coefficient (Wildman–Crippen LogP) is 1.58. The molecule has 1 heterocycles. The highest BCUT2D eigenvalue weighted by Crippen LogP contribution is 2.11. The maximum atomic E-state index is 12.2. The first-order chi connectivity index (χ1) is 8.60. The summed E-state index contributed by atoms with van der Waals surface area (Å²) in [4.78, 5) is 18.0. The van der Waals surface area contributed by atoms with Crippen molar-refractivity contribution in [3.05, 3.63) is 23.9 Å². The fourth-order valence-electron chi connectivity index (χ4n) is 1.49. The fraction of sp³-hybridized carbons (Fsp3) is 0.500. The lowest BCUT2D eigenvalue weighted by atomic mass is 10.2. The number of anilines is 1. The van der Waals surface area contributed by atoms with E-state index in [2.05, 4.69) is 23.6 Å². The Morgan fingerprint density at radius 3 is 2.83 bits per heavy atom. The summed E-state index contributed by atoms with van der Waals surface area (Å²) in [5.74, 6) is 6.81. The van der Waals surface area contributed by atoms with Crippen LogP contribution in [0.25, 0.3) is 0 Å². The molecule has 18 heavy (non-hydrogen) atoms. The first-order valence-electron chi connectivity index (χ1n) is 5.79. The molecule has 1 aromatic heterocycles. The monoisotopic (exact) mass is 268 g/mol. The quantitative estimate of drug-likeness (QED) is 0.605. The molecule has 1 atom stereocenters. The van der Waals surface area contributed by atoms with E-state index in [0.29, 0.717) is 11.4 Å². The number of nitrogen functional groups attached to an aromatic ring is 1. The van der Waals surface area contributed by atoms with E-state index >= 15 is 0 Å². The summed E-state index contributed by atoms with van der Waals surface area (Å²) in [6.07, 6.45) is 4.59. The van der Waals surface area contributed by atoms with Gasteiger partial charge in [-0.1, -0.05) is 0 Å². The van der Waals surface area contributed by atoms with Crippen LogP contribution in [0.5, 0.6) is 0 Å². The number of nitrogens with one attached hydrogen (secondary N) is 1. The van der Waals surface area contributed by atoms with Gasteiger partial charge in [0, 0.05) is 19.3 Å². The Bertz CT molecular complexity index is 382. The molecule has 0 saturated heterocycles. The molecule has 0 aromatic carbocycles. The van der Waals surface area contributed by atoms with Crippen LogP contribution in [0, 0.1) is 0 Å². The molecular weight excluding hydrogens is 248 g/mol. The van der Waals surface area contributed by atoms with Crippen molar-refractivity contribution < 1.29 is 4.79 Å². The summed E-state index contributed by atoms with van der Waals surface area (Å²) < 4.78 is 0. The molecule has 100 valence electrons. The molecule has 0 fully saturated rings. The van der Waals surface area contributed by atoms with Gasteiger partial charge in [-0.25, -0.2) is 10.8 Å². The van der Waals surface area contributed by atoms with Crippen LogP contribution in [0.3, 0.4) is 0 Å². The lowest BCUT2D eigenvalue weighted by Gasteiger charge is -2.24. The van der Waals surface area contributed by atoms with Crippen LogP contribution in [-0.4, -0.2) is 40.9 Å². The van der Waals surface area contributed by atoms with Crippen molar-refractivity contribution in [1.82, 2.24) is 9.88 Å². The van der Waals surface area contributed by atoms with E-state index in [0.717, 1.165) is 12.2 Å². The van der Waals surface area contributed by atoms with Gasteiger partial charge in [0.1, 0.15) is 5.82 Å². The second-order valence-corrected chi connectivity index (χ2v) is 5.11. The van der Waals surface area contributed by atoms with Crippen LogP contribution < -0.4 is 11.3 Å². The van der Waals surface area contributed by atoms with Gasteiger partial charge in [-0.15, -0.1) is 0 Å². The Hall–Kier alpha value is -1.27. The third-order valence-corrected chi connectivity index (χ3v) is 3.52. The Morgan fingerprint density at radius 1 is 1.61 bits per heavy atom. The fourth-order valence-corrected chi connectivity index (χ4v) is 2.07. The van der Waals surface area contributed by atoms with E-state index in [9.17, 15) is 4.79 Å². The van der Waals surface area contributed by atoms with Gasteiger partial charge >= 0.3 is 0 Å². The normalized spacial score (nSPS) is 12.0. The Kier molecular flexibility index (Phi) is 5.94. The zero-order valence-electron chi connectivity index (χ0n) is 11.0. The third-order valence-electron chi connectivity index (χ3n) is 2.88. The van der Waals surface area contributed by atoms with Gasteiger partial charge < -0.3 is 10.3 Å². The minimum atomic E-state index is -0.0142. The molecule has 0 bridgehead atoms. The van der Waals surface area contributed by atoms with Crippen LogP contribution in [0.2, 0.25) is 0 Å². The van der Waals surface area contributed by atoms with Crippen LogP contribution >= 0.6 is 11.8 Å². The summed E-state index contributed by atoms with van der Waals surface area (Å²) in [6.45, 7) is 2.05. The minimum Gasteiger partial charge on any atom is -0.339 e. The molecule has 1 amide bonds. The highest BCUT2D eigenvalue weighted by molar-refractivity contribution is 7.98. The standard InChI is InChI=1S/C12H20N4OS/c1-9(6-7-18-3)16(2)12(17)10-4-5-11(15-13)14-8-10/h4-5,8-9H,6-7,13H2,1-3H3,(H,14,15). The van der Waals surface area contributed by atoms with Gasteiger partial charge in [0.15, 0.2) is 0 Å². The van der Waals surface area contributed by atoms with Crippen molar-refractivity contribution in [2.45, 2.75) is 19.4 Å². The average molecular weight is 268 g/mol. The number of nitrogens with zero attached hydrogens (tertiary/aromatic N) is 2. The molecule has 0 aliphatic heterocycles. The number of hydrogen-bond donors (Lipinski definition) is 2. The van der Waals surface area contributed by atoms with E-state index in [-0.39, 0.29) is 11.9 Å². The van der Waals surface area contributed by atoms with Gasteiger partial charge in [-0.05, 0) is 37.5 Å². The average Bonchev–Trinajstić information content (AvgIpc) is 2.43. The van der Waals surface area contributed by atoms with Crippen LogP contribution in [0.4, 0.5) is 5.82 Å². The lowest BCUT2D eigenvalue weighted by Crippen LogP contribution is -2.35. The number of thioether (sulfide) groups is 1. The Balaban J connectivity index is 2.67. The summed E-state index contributed by atoms with van der Waals surface area (Å²) in [5, 5.41) is 0. The van der Waals surface area contributed by atoms with Gasteiger partial charge in [0.05, 0.1) is 5.56 Å². The minimum absolute atomic E-state index is 0.0142. The largest absolute Gasteiger partial charge is 0.339 e. The number of amides is 1. The van der Waals surface area contributed by atoms with E-state index in [1.807, 2.05) is 7.05 Å². The molecule has 1 aromatic rings. The number of hydrazine groups is 1. The molecule has 0 saturated carbocycles. The predicted molar refractivity (Wildman–Crippen MR) is 76.6 cm³/mol. The van der Waals surface area contributed by atoms with Crippen molar-refractivity contribution in [3.8, 4) is 0 Å². The maximum Gasteiger partial charge on any atom is 0.255 e. The molecule has 1 rings (SSSR count). The number of pyridine rings is 1. The van der Waals surface area contributed by atoms with Crippen molar-refractivity contribution >= 4 is 23.5 Å². The van der Waals surface area contributed by atoms with Gasteiger partial charge in [0.2, 0.25) is 0 Å². The number of nitrogens with two attached hydrogens (primary N) is 1. The number of hydrogen-bond acceptors (Lipinski definition) is 5. The molecular formula is C12H20N4OS. The third kappa shape index (κ3) is 3.89. The smallest absolute Gasteiger partial charge is 0.255 e. The zero-order valence-corrected chi connectivity index (χ0v) is 11.8. The number of carbonyl (C=O) groups excluding carboxylic acids is 1. The molecule has 0 radical (unpaired) electrons. The van der Waals surface area contributed by atoms with Crippen LogP contribution in [-0.2, 0) is 0 Å². The van der Waals surface area contributed by atoms with Gasteiger partial charge in [-0.3, -0.25) is 4.79 Å². The Morgan fingerprint density at radius 2 is 2.33 bits per heavy atom. The number of carbonyl (C=O) groups is 1. The van der Waals surface area contributed by atoms with E-state index < -0.39 is 0 Å². The van der Waals surface area contributed by atoms with Crippen LogP contribution in [0.15, 0.2) is 18.3 Å². The highest BCUT2D eigenvalue weighted by atomic mass is 32.2. The summed E-state index contributed by atoms with van der Waals surface area (Å²) in [6, 6.07) is 3.63. The second kappa shape index (κ2) is 7.23. The SMILES string of the molecule is CSCCC(C)N(C)C(=O)c1ccc(NN)nc1. The van der Waals surface area contributed by atoms with Crippen molar-refractivity contribution in [1.29, 1.82) is 0 Å². The van der Waals surface area contributed by atoms with Crippen molar-refractivity contribution in [2.24, 2.45) is 5.84 Å². The summed E-state index contributed by atoms with van der Waals surface area (Å²) >= 11 is 1.79. The number of rotatable bonds is 6. The highest BCUT2D eigenvalue weighted by Gasteiger charge is 2.17. The van der Waals surface area contributed by atoms with Gasteiger partial charge in [-0.2, -0.15) is 11.8 Å². The first kappa shape index (κ1) is 14.8. The topological polar surface area (TPSA) is 71.2 Å². The molecule has 0 aliphatic carbocycles. The van der Waals surface area contributed by atoms with Crippen molar-refractivity contribution in [3.63, 3.8) is 0 Å². The second-order valence-electron chi connectivity index (χ2n) is 4.12. The molecule has 6 heteroatoms. The maximum absolute atomic E-state index is 12.2. The van der Waals surface area contributed by atoms with Crippen LogP contribution in [0.1, 0.15) is 23.7 Å². The van der Waals surface area contributed by atoms with Crippen molar-refractivity contribution in [2.75, 3.05) is 24.5 Å². The van der Waals surface area contributed by atoms with E-state index in [1.54, 1.807) is 28.8 Å². The first-order valence-corrected chi connectivity index (χ1v) is 7.18. The molecule has 5 nitrogen and oxygen atoms in total. The molecule has 0 spiro atoms. The van der Waals surface area contributed by atoms with Gasteiger partial charge in [0.25, 0.3) is 5.91 Å². The van der Waals surface area contributed by atoms with E-state index in [1.165, 1.54) is 6.20 Å². The lowest BCUT2D eigenvalue weighted by molar-refractivity contribution is 0.0741. The molecule has 3 N–H and O–H groups in total. The van der Waals surface area contributed by atoms with E-state index in [4.69, 9.17) is 5.84 Å².